The number of thiophene rings is 1. The van der Waals surface area contributed by atoms with E-state index in [9.17, 15) is 4.79 Å². The van der Waals surface area contributed by atoms with Crippen LogP contribution in [0, 0.1) is 5.92 Å². The maximum absolute atomic E-state index is 12.6. The molecule has 174 valence electrons. The Kier molecular flexibility index (Phi) is 9.80. The van der Waals surface area contributed by atoms with Crippen molar-refractivity contribution in [2.24, 2.45) is 10.9 Å². The number of fused-ring (bicyclic) bond motifs is 1. The number of hydrogen-bond acceptors (Lipinski definition) is 4. The Hall–Kier alpha value is -1.65. The molecule has 8 heteroatoms. The molecule has 6 nitrogen and oxygen atoms in total. The van der Waals surface area contributed by atoms with E-state index < -0.39 is 0 Å². The molecule has 1 atom stereocenters. The van der Waals surface area contributed by atoms with Crippen molar-refractivity contribution >= 4 is 47.2 Å². The van der Waals surface area contributed by atoms with Crippen LogP contribution in [-0.2, 0) is 29.1 Å². The maximum atomic E-state index is 12.6. The first kappa shape index (κ1) is 25.0. The Morgan fingerprint density at radius 2 is 2.06 bits per heavy atom. The highest BCUT2D eigenvalue weighted by Gasteiger charge is 2.25. The topological polar surface area (TPSA) is 57.2 Å². The van der Waals surface area contributed by atoms with Gasteiger partial charge >= 0.3 is 0 Å². The third kappa shape index (κ3) is 6.68. The fourth-order valence-electron chi connectivity index (χ4n) is 4.31. The molecule has 0 bridgehead atoms. The third-order valence-corrected chi connectivity index (χ3v) is 7.07. The van der Waals surface area contributed by atoms with E-state index in [4.69, 9.17) is 4.74 Å². The van der Waals surface area contributed by atoms with Gasteiger partial charge in [0.1, 0.15) is 0 Å². The minimum Gasteiger partial charge on any atom is -0.376 e. The maximum Gasteiger partial charge on any atom is 0.224 e. The van der Waals surface area contributed by atoms with Crippen LogP contribution in [0.15, 0.2) is 46.8 Å². The lowest BCUT2D eigenvalue weighted by Gasteiger charge is -2.27. The number of likely N-dealkylation sites (tertiary alicyclic amines) is 1. The molecule has 32 heavy (non-hydrogen) atoms. The van der Waals surface area contributed by atoms with Crippen LogP contribution in [0.5, 0.6) is 0 Å². The average Bonchev–Trinajstić information content (AvgIpc) is 3.46. The fraction of sp³-hybridized carbons (Fsp3) is 0.500. The molecule has 0 aliphatic carbocycles. The fourth-order valence-corrected chi connectivity index (χ4v) is 5.20. The molecule has 1 fully saturated rings. The molecular weight excluding hydrogens is 535 g/mol. The van der Waals surface area contributed by atoms with Gasteiger partial charge in [-0.15, -0.1) is 35.3 Å². The molecule has 1 N–H and O–H groups in total. The standard InChI is InChI=1S/C24H32N4O2S.HI/c1-25-24(26-11-7-23(29)27-13-9-22-21(16-27)10-14-31-22)28-12-8-20(15-28)18-30-17-19-5-3-2-4-6-19;/h2-6,10,14,20H,7-9,11-13,15-18H2,1H3,(H,25,26);1H. The molecule has 1 aromatic heterocycles. The summed E-state index contributed by atoms with van der Waals surface area (Å²) in [6.45, 7) is 5.54. The molecular formula is C24H33IN4O2S. The molecule has 0 saturated carbocycles. The van der Waals surface area contributed by atoms with Crippen molar-refractivity contribution in [3.63, 3.8) is 0 Å². The van der Waals surface area contributed by atoms with Crippen molar-refractivity contribution in [2.75, 3.05) is 39.8 Å². The smallest absolute Gasteiger partial charge is 0.224 e. The summed E-state index contributed by atoms with van der Waals surface area (Å²) in [6.07, 6.45) is 2.58. The molecule has 1 saturated heterocycles. The van der Waals surface area contributed by atoms with Gasteiger partial charge in [0.05, 0.1) is 13.2 Å². The molecule has 0 spiro atoms. The first-order valence-corrected chi connectivity index (χ1v) is 12.0. The van der Waals surface area contributed by atoms with Crippen molar-refractivity contribution in [1.82, 2.24) is 15.1 Å². The van der Waals surface area contributed by atoms with Crippen LogP contribution in [0.2, 0.25) is 0 Å². The second-order valence-electron chi connectivity index (χ2n) is 8.26. The summed E-state index contributed by atoms with van der Waals surface area (Å²) >= 11 is 1.80. The van der Waals surface area contributed by atoms with E-state index in [1.807, 2.05) is 30.1 Å². The number of rotatable bonds is 7. The Morgan fingerprint density at radius 1 is 1.22 bits per heavy atom. The number of ether oxygens (including phenoxy) is 1. The van der Waals surface area contributed by atoms with Gasteiger partial charge in [0.25, 0.3) is 0 Å². The Balaban J connectivity index is 0.00000289. The van der Waals surface area contributed by atoms with Crippen LogP contribution in [0.25, 0.3) is 0 Å². The number of aliphatic imine (C=N–C) groups is 1. The van der Waals surface area contributed by atoms with E-state index in [1.165, 1.54) is 16.0 Å². The lowest BCUT2D eigenvalue weighted by Crippen LogP contribution is -2.42. The number of carbonyl (C=O) groups excluding carboxylic acids is 1. The molecule has 2 aliphatic heterocycles. The van der Waals surface area contributed by atoms with Crippen molar-refractivity contribution in [3.05, 3.63) is 57.8 Å². The highest BCUT2D eigenvalue weighted by molar-refractivity contribution is 14.0. The molecule has 1 unspecified atom stereocenters. The van der Waals surface area contributed by atoms with Gasteiger partial charge in [-0.25, -0.2) is 0 Å². The van der Waals surface area contributed by atoms with E-state index in [0.717, 1.165) is 51.6 Å². The normalized spacial score (nSPS) is 18.3. The number of hydrogen-bond donors (Lipinski definition) is 1. The van der Waals surface area contributed by atoms with Gasteiger partial charge in [-0.2, -0.15) is 0 Å². The summed E-state index contributed by atoms with van der Waals surface area (Å²) < 4.78 is 5.93. The van der Waals surface area contributed by atoms with Crippen LogP contribution in [0.4, 0.5) is 0 Å². The van der Waals surface area contributed by atoms with Gasteiger partial charge in [0.15, 0.2) is 5.96 Å². The van der Waals surface area contributed by atoms with E-state index in [1.54, 1.807) is 11.3 Å². The Morgan fingerprint density at radius 3 is 2.88 bits per heavy atom. The monoisotopic (exact) mass is 568 g/mol. The molecule has 3 heterocycles. The summed E-state index contributed by atoms with van der Waals surface area (Å²) in [4.78, 5) is 22.7. The largest absolute Gasteiger partial charge is 0.376 e. The highest BCUT2D eigenvalue weighted by Crippen LogP contribution is 2.24. The van der Waals surface area contributed by atoms with Gasteiger partial charge in [0.2, 0.25) is 5.91 Å². The van der Waals surface area contributed by atoms with Gasteiger partial charge in [-0.1, -0.05) is 30.3 Å². The highest BCUT2D eigenvalue weighted by atomic mass is 127. The zero-order valence-electron chi connectivity index (χ0n) is 18.7. The van der Waals surface area contributed by atoms with E-state index in [2.05, 4.69) is 38.8 Å². The Bertz CT molecular complexity index is 889. The zero-order chi connectivity index (χ0) is 21.5. The van der Waals surface area contributed by atoms with Crippen LogP contribution in [0.3, 0.4) is 0 Å². The van der Waals surface area contributed by atoms with Crippen LogP contribution in [0.1, 0.15) is 28.8 Å². The summed E-state index contributed by atoms with van der Waals surface area (Å²) in [6, 6.07) is 12.4. The first-order chi connectivity index (χ1) is 15.2. The molecule has 1 amide bonds. The lowest BCUT2D eigenvalue weighted by molar-refractivity contribution is -0.131. The molecule has 2 aromatic rings. The molecule has 2 aliphatic rings. The van der Waals surface area contributed by atoms with Crippen LogP contribution in [-0.4, -0.2) is 61.5 Å². The number of carbonyl (C=O) groups is 1. The quantitative estimate of drug-likeness (QED) is 0.314. The number of benzene rings is 1. The van der Waals surface area contributed by atoms with Gasteiger partial charge < -0.3 is 19.9 Å². The number of halogens is 1. The second kappa shape index (κ2) is 12.6. The lowest BCUT2D eigenvalue weighted by atomic mass is 10.1. The molecule has 0 radical (unpaired) electrons. The summed E-state index contributed by atoms with van der Waals surface area (Å²) in [7, 11) is 1.81. The number of amides is 1. The van der Waals surface area contributed by atoms with Crippen LogP contribution < -0.4 is 5.32 Å². The third-order valence-electron chi connectivity index (χ3n) is 6.04. The Labute approximate surface area is 212 Å². The molecule has 1 aromatic carbocycles. The second-order valence-corrected chi connectivity index (χ2v) is 9.26. The van der Waals surface area contributed by atoms with Crippen molar-refractivity contribution in [2.45, 2.75) is 32.4 Å². The van der Waals surface area contributed by atoms with Crippen LogP contribution >= 0.6 is 35.3 Å². The van der Waals surface area contributed by atoms with Crippen molar-refractivity contribution in [3.8, 4) is 0 Å². The number of guanidine groups is 1. The van der Waals surface area contributed by atoms with Gasteiger partial charge in [-0.3, -0.25) is 9.79 Å². The van der Waals surface area contributed by atoms with E-state index in [-0.39, 0.29) is 29.9 Å². The van der Waals surface area contributed by atoms with Gasteiger partial charge in [-0.05, 0) is 35.4 Å². The number of nitrogens with zero attached hydrogens (tertiary/aromatic N) is 3. The number of nitrogens with one attached hydrogen (secondary N) is 1. The summed E-state index contributed by atoms with van der Waals surface area (Å²) in [5, 5.41) is 5.51. The predicted octanol–water partition coefficient (Wildman–Crippen LogP) is 3.76. The minimum absolute atomic E-state index is 0. The average molecular weight is 569 g/mol. The minimum atomic E-state index is 0. The molecule has 4 rings (SSSR count). The summed E-state index contributed by atoms with van der Waals surface area (Å²) in [5.74, 6) is 1.61. The first-order valence-electron chi connectivity index (χ1n) is 11.1. The van der Waals surface area contributed by atoms with E-state index >= 15 is 0 Å². The van der Waals surface area contributed by atoms with Crippen molar-refractivity contribution in [1.29, 1.82) is 0 Å². The zero-order valence-corrected chi connectivity index (χ0v) is 21.8. The van der Waals surface area contributed by atoms with Gasteiger partial charge in [0, 0.05) is 57.0 Å². The van der Waals surface area contributed by atoms with E-state index in [0.29, 0.717) is 25.5 Å². The predicted molar refractivity (Wildman–Crippen MR) is 141 cm³/mol. The summed E-state index contributed by atoms with van der Waals surface area (Å²) in [5.41, 5.74) is 2.52. The van der Waals surface area contributed by atoms with Crippen molar-refractivity contribution < 1.29 is 9.53 Å². The SMILES string of the molecule is CN=C(NCCC(=O)N1CCc2sccc2C1)N1CCC(COCc2ccccc2)C1.I.